The molecular weight excluding hydrogens is 176 g/mol. The Bertz CT molecular complexity index is 612. The molecule has 68 valence electrons. The molecule has 0 amide bonds. The molecule has 0 spiro atoms. The third kappa shape index (κ3) is 0.849. The van der Waals surface area contributed by atoms with Crippen molar-refractivity contribution in [2.75, 3.05) is 0 Å². The molecule has 14 heavy (non-hydrogen) atoms. The van der Waals surface area contributed by atoms with E-state index in [1.807, 2.05) is 22.7 Å². The molecule has 0 aromatic carbocycles. The van der Waals surface area contributed by atoms with Crippen LogP contribution in [0.4, 0.5) is 0 Å². The Morgan fingerprint density at radius 1 is 1.36 bits per heavy atom. The third-order valence-corrected chi connectivity index (χ3v) is 2.40. The zero-order valence-corrected chi connectivity index (χ0v) is 7.68. The molecule has 4 heteroatoms. The predicted molar refractivity (Wildman–Crippen MR) is 53.0 cm³/mol. The lowest BCUT2D eigenvalue weighted by Crippen LogP contribution is -1.90. The number of hydrogen-bond acceptors (Lipinski definition) is 3. The molecule has 0 radical (unpaired) electrons. The Kier molecular flexibility index (Phi) is 1.33. The first-order valence-corrected chi connectivity index (χ1v) is 4.39. The van der Waals surface area contributed by atoms with Gasteiger partial charge in [0.1, 0.15) is 6.33 Å². The highest BCUT2D eigenvalue weighted by Gasteiger charge is 2.03. The van der Waals surface area contributed by atoms with Gasteiger partial charge in [0.2, 0.25) is 0 Å². The van der Waals surface area contributed by atoms with Crippen LogP contribution in [-0.2, 0) is 0 Å². The summed E-state index contributed by atoms with van der Waals surface area (Å²) in [5, 5.41) is 9.08. The molecule has 3 aromatic rings. The molecular formula is C10H8N4. The zero-order chi connectivity index (χ0) is 9.54. The second-order valence-corrected chi connectivity index (χ2v) is 3.28. The number of fused-ring (bicyclic) bond motifs is 3. The molecule has 3 heterocycles. The molecule has 0 bridgehead atoms. The number of nitrogens with zero attached hydrogens (tertiary/aromatic N) is 4. The van der Waals surface area contributed by atoms with Crippen molar-refractivity contribution in [3.8, 4) is 0 Å². The standard InChI is InChI=1S/C10H8N4/c1-7-4-10-13-12-6-14(10)9-5-11-3-2-8(7)9/h2-6H,1H3. The summed E-state index contributed by atoms with van der Waals surface area (Å²) in [7, 11) is 0. The van der Waals surface area contributed by atoms with Gasteiger partial charge in [-0.05, 0) is 24.6 Å². The summed E-state index contributed by atoms with van der Waals surface area (Å²) in [4.78, 5) is 4.11. The van der Waals surface area contributed by atoms with Crippen molar-refractivity contribution in [2.24, 2.45) is 0 Å². The van der Waals surface area contributed by atoms with Gasteiger partial charge in [0, 0.05) is 11.6 Å². The van der Waals surface area contributed by atoms with E-state index in [9.17, 15) is 0 Å². The lowest BCUT2D eigenvalue weighted by molar-refractivity contribution is 1.11. The largest absolute Gasteiger partial charge is 0.280 e. The summed E-state index contributed by atoms with van der Waals surface area (Å²) in [5.74, 6) is 0. The highest BCUT2D eigenvalue weighted by atomic mass is 15.2. The fourth-order valence-electron chi connectivity index (χ4n) is 1.71. The monoisotopic (exact) mass is 184 g/mol. The SMILES string of the molecule is Cc1cc2nncn2c2cnccc12. The first-order valence-electron chi connectivity index (χ1n) is 4.39. The van der Waals surface area contributed by atoms with Crippen molar-refractivity contribution in [1.29, 1.82) is 0 Å². The molecule has 0 aliphatic rings. The van der Waals surface area contributed by atoms with E-state index in [0.717, 1.165) is 11.2 Å². The summed E-state index contributed by atoms with van der Waals surface area (Å²) in [5.41, 5.74) is 3.11. The Morgan fingerprint density at radius 2 is 2.29 bits per heavy atom. The molecule has 0 N–H and O–H groups in total. The first-order chi connectivity index (χ1) is 6.86. The van der Waals surface area contributed by atoms with Gasteiger partial charge in [-0.2, -0.15) is 0 Å². The molecule has 0 atom stereocenters. The summed E-state index contributed by atoms with van der Waals surface area (Å²) in [6.45, 7) is 2.07. The summed E-state index contributed by atoms with van der Waals surface area (Å²) >= 11 is 0. The molecule has 0 saturated carbocycles. The van der Waals surface area contributed by atoms with Crippen LogP contribution in [0.1, 0.15) is 5.56 Å². The predicted octanol–water partition coefficient (Wildman–Crippen LogP) is 1.59. The summed E-state index contributed by atoms with van der Waals surface area (Å²) in [6.07, 6.45) is 5.34. The van der Waals surface area contributed by atoms with Crippen LogP contribution in [0, 0.1) is 6.92 Å². The maximum absolute atomic E-state index is 4.11. The lowest BCUT2D eigenvalue weighted by atomic mass is 10.1. The Morgan fingerprint density at radius 3 is 3.21 bits per heavy atom. The van der Waals surface area contributed by atoms with Gasteiger partial charge in [-0.3, -0.25) is 9.38 Å². The van der Waals surface area contributed by atoms with Gasteiger partial charge < -0.3 is 0 Å². The molecule has 0 aliphatic heterocycles. The Balaban J connectivity index is 2.67. The Labute approximate surface area is 80.2 Å². The Hall–Kier alpha value is -1.97. The van der Waals surface area contributed by atoms with Crippen molar-refractivity contribution >= 4 is 16.6 Å². The minimum absolute atomic E-state index is 0.864. The van der Waals surface area contributed by atoms with Crippen LogP contribution in [-0.4, -0.2) is 19.6 Å². The van der Waals surface area contributed by atoms with Crippen LogP contribution in [0.5, 0.6) is 0 Å². The van der Waals surface area contributed by atoms with Crippen molar-refractivity contribution in [2.45, 2.75) is 6.92 Å². The summed E-state index contributed by atoms with van der Waals surface area (Å²) in [6, 6.07) is 4.03. The highest BCUT2D eigenvalue weighted by molar-refractivity contribution is 5.84. The van der Waals surface area contributed by atoms with E-state index in [1.54, 1.807) is 12.5 Å². The third-order valence-electron chi connectivity index (χ3n) is 2.40. The smallest absolute Gasteiger partial charge is 0.161 e. The highest BCUT2D eigenvalue weighted by Crippen LogP contribution is 2.18. The quantitative estimate of drug-likeness (QED) is 0.532. The van der Waals surface area contributed by atoms with Gasteiger partial charge in [-0.1, -0.05) is 0 Å². The van der Waals surface area contributed by atoms with Gasteiger partial charge in [0.05, 0.1) is 11.7 Å². The van der Waals surface area contributed by atoms with Gasteiger partial charge in [0.15, 0.2) is 5.65 Å². The number of aryl methyl sites for hydroxylation is 1. The van der Waals surface area contributed by atoms with Crippen LogP contribution in [0.3, 0.4) is 0 Å². The van der Waals surface area contributed by atoms with E-state index in [0.29, 0.717) is 0 Å². The molecule has 3 rings (SSSR count). The van der Waals surface area contributed by atoms with E-state index in [1.165, 1.54) is 10.9 Å². The van der Waals surface area contributed by atoms with Gasteiger partial charge >= 0.3 is 0 Å². The second kappa shape index (κ2) is 2.51. The van der Waals surface area contributed by atoms with E-state index < -0.39 is 0 Å². The number of hydrogen-bond donors (Lipinski definition) is 0. The molecule has 0 saturated heterocycles. The van der Waals surface area contributed by atoms with E-state index in [4.69, 9.17) is 0 Å². The van der Waals surface area contributed by atoms with Gasteiger partial charge in [-0.15, -0.1) is 10.2 Å². The normalized spacial score (nSPS) is 11.2. The molecule has 0 fully saturated rings. The van der Waals surface area contributed by atoms with Crippen LogP contribution >= 0.6 is 0 Å². The minimum Gasteiger partial charge on any atom is -0.280 e. The van der Waals surface area contributed by atoms with Crippen molar-refractivity contribution in [3.63, 3.8) is 0 Å². The molecule has 4 nitrogen and oxygen atoms in total. The average molecular weight is 184 g/mol. The number of aromatic nitrogens is 4. The fraction of sp³-hybridized carbons (Fsp3) is 0.100. The van der Waals surface area contributed by atoms with Crippen molar-refractivity contribution in [1.82, 2.24) is 19.6 Å². The fourth-order valence-corrected chi connectivity index (χ4v) is 1.71. The first kappa shape index (κ1) is 7.44. The lowest BCUT2D eigenvalue weighted by Gasteiger charge is -2.02. The van der Waals surface area contributed by atoms with Crippen molar-refractivity contribution < 1.29 is 0 Å². The van der Waals surface area contributed by atoms with Crippen LogP contribution < -0.4 is 0 Å². The topological polar surface area (TPSA) is 43.1 Å². The maximum atomic E-state index is 4.11. The number of pyridine rings is 2. The molecule has 0 aliphatic carbocycles. The van der Waals surface area contributed by atoms with Gasteiger partial charge in [-0.25, -0.2) is 0 Å². The van der Waals surface area contributed by atoms with E-state index >= 15 is 0 Å². The maximum Gasteiger partial charge on any atom is 0.161 e. The van der Waals surface area contributed by atoms with Crippen LogP contribution in [0.25, 0.3) is 16.6 Å². The number of rotatable bonds is 0. The average Bonchev–Trinajstić information content (AvgIpc) is 2.66. The summed E-state index contributed by atoms with van der Waals surface area (Å²) < 4.78 is 1.94. The second-order valence-electron chi connectivity index (χ2n) is 3.28. The minimum atomic E-state index is 0.864. The van der Waals surface area contributed by atoms with E-state index in [2.05, 4.69) is 22.1 Å². The molecule has 3 aromatic heterocycles. The van der Waals surface area contributed by atoms with Crippen LogP contribution in [0.15, 0.2) is 30.9 Å². The van der Waals surface area contributed by atoms with Crippen molar-refractivity contribution in [3.05, 3.63) is 36.4 Å². The van der Waals surface area contributed by atoms with Gasteiger partial charge in [0.25, 0.3) is 0 Å². The van der Waals surface area contributed by atoms with E-state index in [-0.39, 0.29) is 0 Å². The zero-order valence-electron chi connectivity index (χ0n) is 7.68. The molecule has 0 unspecified atom stereocenters. The van der Waals surface area contributed by atoms with Crippen LogP contribution in [0.2, 0.25) is 0 Å².